The molecular weight excluding hydrogens is 318 g/mol. The molecule has 1 aliphatic rings. The van der Waals surface area contributed by atoms with Crippen LogP contribution in [-0.2, 0) is 24.7 Å². The molecule has 136 valence electrons. The third-order valence-corrected chi connectivity index (χ3v) is 5.11. The van der Waals surface area contributed by atoms with Gasteiger partial charge in [-0.2, -0.15) is 10.1 Å². The predicted molar refractivity (Wildman–Crippen MR) is 93.2 cm³/mol. The van der Waals surface area contributed by atoms with Gasteiger partial charge < -0.3 is 9.84 Å². The Morgan fingerprint density at radius 1 is 1.36 bits per heavy atom. The van der Waals surface area contributed by atoms with E-state index in [1.165, 1.54) is 18.4 Å². The number of aryl methyl sites for hydroxylation is 2. The second kappa shape index (κ2) is 7.37. The van der Waals surface area contributed by atoms with Crippen molar-refractivity contribution in [3.8, 4) is 0 Å². The monoisotopic (exact) mass is 345 g/mol. The van der Waals surface area contributed by atoms with Crippen LogP contribution in [0.3, 0.4) is 0 Å². The molecule has 1 N–H and O–H groups in total. The first kappa shape index (κ1) is 17.6. The average molecular weight is 345 g/mol. The van der Waals surface area contributed by atoms with Crippen molar-refractivity contribution in [3.05, 3.63) is 28.7 Å². The summed E-state index contributed by atoms with van der Waals surface area (Å²) in [4.78, 5) is 16.5. The van der Waals surface area contributed by atoms with Gasteiger partial charge in [-0.25, -0.2) is 0 Å². The lowest BCUT2D eigenvalue weighted by Crippen LogP contribution is -2.33. The van der Waals surface area contributed by atoms with Gasteiger partial charge in [-0.15, -0.1) is 0 Å². The molecule has 1 fully saturated rings. The van der Waals surface area contributed by atoms with Gasteiger partial charge >= 0.3 is 0 Å². The summed E-state index contributed by atoms with van der Waals surface area (Å²) in [6.07, 6.45) is 5.51. The number of aromatic nitrogens is 4. The number of amides is 1. The van der Waals surface area contributed by atoms with Crippen molar-refractivity contribution in [2.45, 2.75) is 71.3 Å². The Hall–Kier alpha value is -2.18. The van der Waals surface area contributed by atoms with Crippen LogP contribution in [-0.4, -0.2) is 31.9 Å². The highest BCUT2D eigenvalue weighted by Gasteiger charge is 2.21. The molecule has 7 nitrogen and oxygen atoms in total. The third-order valence-electron chi connectivity index (χ3n) is 5.11. The van der Waals surface area contributed by atoms with E-state index < -0.39 is 0 Å². The molecular formula is C18H27N5O2. The lowest BCUT2D eigenvalue weighted by Gasteiger charge is -2.10. The number of nitrogens with zero attached hydrogens (tertiary/aromatic N) is 4. The minimum atomic E-state index is -0.0224. The van der Waals surface area contributed by atoms with E-state index in [1.54, 1.807) is 0 Å². The Balaban J connectivity index is 1.59. The van der Waals surface area contributed by atoms with Crippen molar-refractivity contribution in [2.24, 2.45) is 7.05 Å². The van der Waals surface area contributed by atoms with Gasteiger partial charge in [0.15, 0.2) is 5.82 Å². The van der Waals surface area contributed by atoms with E-state index in [0.717, 1.165) is 30.7 Å². The maximum atomic E-state index is 12.1. The van der Waals surface area contributed by atoms with E-state index in [2.05, 4.69) is 34.4 Å². The molecule has 1 unspecified atom stereocenters. The summed E-state index contributed by atoms with van der Waals surface area (Å²) in [5.41, 5.74) is 3.40. The summed E-state index contributed by atoms with van der Waals surface area (Å²) in [6, 6.07) is 0.314. The molecule has 0 bridgehead atoms. The van der Waals surface area contributed by atoms with Crippen LogP contribution in [0.15, 0.2) is 4.52 Å². The zero-order chi connectivity index (χ0) is 18.0. The SMILES string of the molecule is Cc1nn(C)c(C)c1CC(C)c1nc(CC(=O)NC2CCCC2)no1. The van der Waals surface area contributed by atoms with E-state index in [0.29, 0.717) is 17.8 Å². The molecule has 0 saturated heterocycles. The fourth-order valence-electron chi connectivity index (χ4n) is 3.54. The molecule has 3 rings (SSSR count). The molecule has 0 spiro atoms. The van der Waals surface area contributed by atoms with Crippen molar-refractivity contribution < 1.29 is 9.32 Å². The quantitative estimate of drug-likeness (QED) is 0.868. The number of hydrogen-bond donors (Lipinski definition) is 1. The first-order chi connectivity index (χ1) is 11.9. The summed E-state index contributed by atoms with van der Waals surface area (Å²) >= 11 is 0. The van der Waals surface area contributed by atoms with Crippen LogP contribution in [0.2, 0.25) is 0 Å². The number of carbonyl (C=O) groups is 1. The second-order valence-electron chi connectivity index (χ2n) is 7.15. The molecule has 0 aliphatic heterocycles. The van der Waals surface area contributed by atoms with Gasteiger partial charge in [0.1, 0.15) is 0 Å². The fourth-order valence-corrected chi connectivity index (χ4v) is 3.54. The molecule has 1 amide bonds. The van der Waals surface area contributed by atoms with Crippen LogP contribution in [0.4, 0.5) is 0 Å². The highest BCUT2D eigenvalue weighted by atomic mass is 16.5. The number of rotatable bonds is 6. The molecule has 2 aromatic rings. The molecule has 0 radical (unpaired) electrons. The van der Waals surface area contributed by atoms with E-state index in [-0.39, 0.29) is 18.2 Å². The highest BCUT2D eigenvalue weighted by molar-refractivity contribution is 5.78. The summed E-state index contributed by atoms with van der Waals surface area (Å²) in [7, 11) is 1.95. The normalized spacial score (nSPS) is 16.3. The van der Waals surface area contributed by atoms with Gasteiger partial charge in [-0.3, -0.25) is 9.48 Å². The Morgan fingerprint density at radius 3 is 2.72 bits per heavy atom. The fraction of sp³-hybridized carbons (Fsp3) is 0.667. The topological polar surface area (TPSA) is 85.8 Å². The number of nitrogens with one attached hydrogen (secondary N) is 1. The summed E-state index contributed by atoms with van der Waals surface area (Å²) < 4.78 is 7.28. The van der Waals surface area contributed by atoms with Crippen molar-refractivity contribution in [2.75, 3.05) is 0 Å². The van der Waals surface area contributed by atoms with Gasteiger partial charge in [-0.05, 0) is 38.7 Å². The molecule has 1 saturated carbocycles. The van der Waals surface area contributed by atoms with Crippen LogP contribution in [0.1, 0.15) is 67.2 Å². The second-order valence-corrected chi connectivity index (χ2v) is 7.15. The van der Waals surface area contributed by atoms with Crippen LogP contribution >= 0.6 is 0 Å². The Bertz CT molecular complexity index is 743. The highest BCUT2D eigenvalue weighted by Crippen LogP contribution is 2.23. The maximum Gasteiger partial charge on any atom is 0.229 e. The standard InChI is InChI=1S/C18H27N5O2/c1-11(9-15-12(2)21-23(4)13(15)3)18-20-16(22-25-18)10-17(24)19-14-7-5-6-8-14/h11,14H,5-10H2,1-4H3,(H,19,24). The number of carbonyl (C=O) groups excluding carboxylic acids is 1. The molecule has 1 aliphatic carbocycles. The Morgan fingerprint density at radius 2 is 2.08 bits per heavy atom. The summed E-state index contributed by atoms with van der Waals surface area (Å²) in [5.74, 6) is 1.09. The van der Waals surface area contributed by atoms with E-state index in [4.69, 9.17) is 4.52 Å². The summed E-state index contributed by atoms with van der Waals surface area (Å²) in [6.45, 7) is 6.14. The largest absolute Gasteiger partial charge is 0.353 e. The minimum Gasteiger partial charge on any atom is -0.353 e. The van der Waals surface area contributed by atoms with Gasteiger partial charge in [-0.1, -0.05) is 24.9 Å². The third kappa shape index (κ3) is 4.08. The number of hydrogen-bond acceptors (Lipinski definition) is 5. The Kier molecular flexibility index (Phi) is 5.20. The lowest BCUT2D eigenvalue weighted by atomic mass is 9.99. The van der Waals surface area contributed by atoms with E-state index >= 15 is 0 Å². The van der Waals surface area contributed by atoms with Crippen LogP contribution in [0.25, 0.3) is 0 Å². The molecule has 2 aromatic heterocycles. The van der Waals surface area contributed by atoms with E-state index in [1.807, 2.05) is 18.7 Å². The zero-order valence-electron chi connectivity index (χ0n) is 15.5. The molecule has 0 aromatic carbocycles. The average Bonchev–Trinajstić information content (AvgIpc) is 3.27. The van der Waals surface area contributed by atoms with E-state index in [9.17, 15) is 4.79 Å². The van der Waals surface area contributed by atoms with Crippen molar-refractivity contribution >= 4 is 5.91 Å². The molecule has 2 heterocycles. The van der Waals surface area contributed by atoms with Gasteiger partial charge in [0.2, 0.25) is 11.8 Å². The van der Waals surface area contributed by atoms with Crippen LogP contribution in [0, 0.1) is 13.8 Å². The van der Waals surface area contributed by atoms with Gasteiger partial charge in [0, 0.05) is 24.7 Å². The van der Waals surface area contributed by atoms with Crippen molar-refractivity contribution in [1.82, 2.24) is 25.2 Å². The smallest absolute Gasteiger partial charge is 0.229 e. The van der Waals surface area contributed by atoms with Crippen molar-refractivity contribution in [3.63, 3.8) is 0 Å². The maximum absolute atomic E-state index is 12.1. The van der Waals surface area contributed by atoms with Gasteiger partial charge in [0.05, 0.1) is 12.1 Å². The minimum absolute atomic E-state index is 0.0224. The lowest BCUT2D eigenvalue weighted by molar-refractivity contribution is -0.121. The molecule has 7 heteroatoms. The zero-order valence-corrected chi connectivity index (χ0v) is 15.5. The molecule has 1 atom stereocenters. The molecule has 25 heavy (non-hydrogen) atoms. The van der Waals surface area contributed by atoms with Crippen molar-refractivity contribution in [1.29, 1.82) is 0 Å². The van der Waals surface area contributed by atoms with Crippen LogP contribution < -0.4 is 5.32 Å². The first-order valence-electron chi connectivity index (χ1n) is 9.05. The Labute approximate surface area is 148 Å². The predicted octanol–water partition coefficient (Wildman–Crippen LogP) is 2.37. The summed E-state index contributed by atoms with van der Waals surface area (Å²) in [5, 5.41) is 11.5. The van der Waals surface area contributed by atoms with Crippen LogP contribution in [0.5, 0.6) is 0 Å². The first-order valence-corrected chi connectivity index (χ1v) is 9.05. The van der Waals surface area contributed by atoms with Gasteiger partial charge in [0.25, 0.3) is 0 Å².